The van der Waals surface area contributed by atoms with Crippen molar-refractivity contribution >= 4 is 551 Å². The zero-order chi connectivity index (χ0) is 95.0. The first-order valence-corrected chi connectivity index (χ1v) is 260. The number of hydrogen-bond acceptors (Lipinski definition) is 4. The van der Waals surface area contributed by atoms with Crippen molar-refractivity contribution in [2.24, 2.45) is 0 Å². The fourth-order valence-electron chi connectivity index (χ4n) is 16.8. The molecule has 0 radical (unpaired) electrons. The maximum absolute atomic E-state index is 6.45. The Morgan fingerprint density at radius 3 is 0.827 bits per heavy atom. The maximum atomic E-state index is 6.45. The van der Waals surface area contributed by atoms with Crippen LogP contribution in [0.3, 0.4) is 0 Å². The summed E-state index contributed by atoms with van der Waals surface area (Å²) in [5.41, 5.74) is 28.8. The molecule has 2 heterocycles. The summed E-state index contributed by atoms with van der Waals surface area (Å²) >= 11 is 67.1. The standard InChI is InChI=1S/C43H54N2.C23H28ClN.C20H27N.I36/c1-29-24-31(3)39-38(27-29)45(43(11)23-13-12-22-42(39,43)10)37-26-30(2)25-36(28-37)44(34-18-14-32(15-19-34)40(4,5)6)35-20-16-33(17-21-35)41(7,8)9;1-15-10-17(3)21-20(13-15)25(19-12-16(2)11-18(24)14-19)23(5)9-7-6-8-22(21,23)4;1-19(2,3)15-7-11-17(12-8-15)21-18-13-9-16(10-14-18)20(4,5)6;1-20(2)22(5)24(7)26(9)28(11)30(13)32(15)34(17)36(19)35(18)33(16)31(14)29(12)27(10)25(8)23(6)21(3)4/h14-21,24-28H,12-13,22-23H2,1-11H3;10-14H,6-9H2,1-5H3;7-14,21H,1-6H3;. The Kier molecular flexibility index (Phi) is 59.6. The number of hydrogen-bond donors (Lipinski definition) is 1. The molecule has 0 amide bonds. The average molecular weight is 5800 g/mol. The van der Waals surface area contributed by atoms with Gasteiger partial charge in [0, 0.05) is 67.0 Å². The predicted octanol–water partition coefficient (Wildman–Crippen LogP) is 57.3. The summed E-state index contributed by atoms with van der Waals surface area (Å²) in [5, 5.41) is 4.29. The van der Waals surface area contributed by atoms with Crippen molar-refractivity contribution in [3.63, 3.8) is 0 Å². The number of anilines is 9. The number of nitrogens with one attached hydrogen (secondary N) is 1. The molecule has 0 bridgehead atoms. The number of rotatable bonds is 23. The van der Waals surface area contributed by atoms with Crippen molar-refractivity contribution in [2.45, 2.75) is 247 Å². The molecular weight excluding hydrogens is 5690 g/mol. The Morgan fingerprint density at radius 1 is 0.299 bits per heavy atom. The molecule has 4 unspecified atom stereocenters. The van der Waals surface area contributed by atoms with Gasteiger partial charge in [-0.3, -0.25) is 0 Å². The molecule has 2 fully saturated rings. The molecule has 4 nitrogen and oxygen atoms in total. The summed E-state index contributed by atoms with van der Waals surface area (Å²) < 4.78 is 0. The van der Waals surface area contributed by atoms with Crippen molar-refractivity contribution in [1.29, 1.82) is 0 Å². The van der Waals surface area contributed by atoms with Crippen LogP contribution in [-0.2, 0) is 32.5 Å². The minimum absolute atomic E-state index is 0.0186. The first-order valence-electron chi connectivity index (χ1n) is 39.2. The van der Waals surface area contributed by atoms with Crippen LogP contribution in [0.2, 0.25) is 5.02 Å². The Balaban J connectivity index is 0.000000199. The van der Waals surface area contributed by atoms with Gasteiger partial charge in [0.25, 0.3) is 0 Å². The van der Waals surface area contributed by atoms with Crippen LogP contribution in [0.15, 0.2) is 158 Å². The van der Waals surface area contributed by atoms with Gasteiger partial charge in [0.05, 0.1) is 11.1 Å². The molecule has 2 saturated carbocycles. The van der Waals surface area contributed by atoms with Gasteiger partial charge in [-0.15, -0.1) is 0 Å². The number of benzene rings is 8. The van der Waals surface area contributed by atoms with E-state index >= 15 is 0 Å². The first-order chi connectivity index (χ1) is 58.7. The second-order valence-corrected chi connectivity index (χ2v) is 865. The molecule has 0 spiro atoms. The van der Waals surface area contributed by atoms with Gasteiger partial charge >= 0.3 is 488 Å². The summed E-state index contributed by atoms with van der Waals surface area (Å²) in [6.45, 7) is 50.7. The van der Waals surface area contributed by atoms with Gasteiger partial charge in [-0.1, -0.05) is 195 Å². The van der Waals surface area contributed by atoms with Crippen LogP contribution in [0.5, 0.6) is 0 Å². The Morgan fingerprint density at radius 2 is 0.551 bits per heavy atom. The van der Waals surface area contributed by atoms with Gasteiger partial charge in [0.1, 0.15) is 0 Å². The van der Waals surface area contributed by atoms with Crippen LogP contribution in [0.1, 0.15) is 229 Å². The van der Waals surface area contributed by atoms with Crippen molar-refractivity contribution < 1.29 is 0 Å². The van der Waals surface area contributed by atoms with Crippen LogP contribution in [0.25, 0.3) is 0 Å². The van der Waals surface area contributed by atoms with E-state index in [2.05, 4.69) is 678 Å². The van der Waals surface area contributed by atoms with Gasteiger partial charge in [-0.25, -0.2) is 0 Å². The molecule has 1 N–H and O–H groups in total. The molecule has 4 aliphatic rings. The fourth-order valence-corrected chi connectivity index (χ4v) is 6300. The SMILES string of the molecule is CC(C)(C)c1ccc(Nc2ccc(C(C)(C)C)cc2)cc1.Cc1cc(Cl)cc(N2c3cc(C)cc(C)c3C3(C)CCCCC23C)c1.Cc1cc(N(c2ccc(C(C)(C)C)cc2)c2ccc(C(C)(C)C)cc2)cc(N2c3cc(C)cc(C)c3C3(C)CCCCC23C)c1.II(I)I(I)I(I)I(I)I(I)I(I)I(I)I(I)I(I)I(I)I(I)I(I)I(I)I(I)I(I)I(I)I(I)I. The van der Waals surface area contributed by atoms with Gasteiger partial charge in [-0.2, -0.15) is 0 Å². The quantitative estimate of drug-likeness (QED) is 0.0644. The molecule has 2 aliphatic heterocycles. The third-order valence-corrected chi connectivity index (χ3v) is 2670. The third-order valence-electron chi connectivity index (χ3n) is 23.0. The summed E-state index contributed by atoms with van der Waals surface area (Å²) in [6.07, 6.45) is 10.1. The second kappa shape index (κ2) is 58.2. The van der Waals surface area contributed by atoms with Crippen molar-refractivity contribution in [3.05, 3.63) is 230 Å². The molecule has 0 aromatic heterocycles. The van der Waals surface area contributed by atoms with E-state index in [0.29, 0.717) is 0 Å². The summed E-state index contributed by atoms with van der Waals surface area (Å²) in [5.74, 6) is 0. The van der Waals surface area contributed by atoms with Crippen molar-refractivity contribution in [3.8, 4) is 0 Å². The molecule has 2 aliphatic carbocycles. The first kappa shape index (κ1) is 130. The zero-order valence-corrected chi connectivity index (χ0v) is 152. The molecule has 0 saturated heterocycles. The molecular formula is C86H109ClI36N4. The third kappa shape index (κ3) is 34.3. The molecule has 8 aromatic carbocycles. The Labute approximate surface area is 1010 Å². The van der Waals surface area contributed by atoms with E-state index < -0.39 is 134 Å². The second-order valence-electron chi connectivity index (χ2n) is 35.7. The summed E-state index contributed by atoms with van der Waals surface area (Å²) in [7, 11) is -8.33. The van der Waals surface area contributed by atoms with Gasteiger partial charge in [0.2, 0.25) is 0 Å². The summed E-state index contributed by atoms with van der Waals surface area (Å²) in [4.78, 5) is 7.80. The predicted molar refractivity (Wildman–Crippen MR) is 902 cm³/mol. The zero-order valence-electron chi connectivity index (χ0n) is 73.5. The number of halogens is 37. The molecule has 41 heteroatoms. The Bertz CT molecular complexity index is 4820. The fraction of sp³-hybridized carbons (Fsp3) is 0.442. The van der Waals surface area contributed by atoms with E-state index in [4.69, 9.17) is 11.6 Å². The minimum atomic E-state index is -0.522. The monoisotopic (exact) mass is 5800 g/mol. The van der Waals surface area contributed by atoms with Gasteiger partial charge < -0.3 is 20.0 Å². The van der Waals surface area contributed by atoms with Gasteiger partial charge in [0.15, 0.2) is 0 Å². The van der Waals surface area contributed by atoms with E-state index in [1.54, 1.807) is 11.1 Å². The molecule has 127 heavy (non-hydrogen) atoms. The molecule has 732 valence electrons. The molecule has 12 rings (SSSR count). The van der Waals surface area contributed by atoms with Crippen LogP contribution in [0.4, 0.5) is 51.2 Å². The Hall–Kier alpha value is 19.5. The summed E-state index contributed by atoms with van der Waals surface area (Å²) in [6, 6.07) is 59.1. The van der Waals surface area contributed by atoms with E-state index in [-0.39, 0.29) is 43.6 Å². The molecule has 8 aromatic rings. The number of aryl methyl sites for hydroxylation is 6. The van der Waals surface area contributed by atoms with E-state index in [9.17, 15) is 0 Å². The van der Waals surface area contributed by atoms with Crippen LogP contribution in [0, 0.1) is 41.5 Å². The number of nitrogens with zero attached hydrogens (tertiary/aromatic N) is 3. The van der Waals surface area contributed by atoms with E-state index in [1.165, 1.54) is 147 Å². The van der Waals surface area contributed by atoms with Crippen molar-refractivity contribution in [2.75, 3.05) is 20.0 Å². The van der Waals surface area contributed by atoms with Crippen LogP contribution >= 0.6 is 500 Å². The van der Waals surface area contributed by atoms with Crippen LogP contribution in [-0.4, -0.2) is 11.1 Å². The van der Waals surface area contributed by atoms with E-state index in [0.717, 1.165) is 16.4 Å². The van der Waals surface area contributed by atoms with Crippen molar-refractivity contribution in [1.82, 2.24) is 0 Å². The number of fused-ring (bicyclic) bond motifs is 6. The van der Waals surface area contributed by atoms with Gasteiger partial charge in [-0.05, 0) is 267 Å². The average Bonchev–Trinajstić information content (AvgIpc) is 1.53. The topological polar surface area (TPSA) is 21.8 Å². The molecule has 4 atom stereocenters. The normalized spacial score (nSPS) is 20.4. The van der Waals surface area contributed by atoms with Crippen LogP contribution < -0.4 is 20.0 Å². The van der Waals surface area contributed by atoms with E-state index in [1.807, 2.05) is 6.07 Å².